The summed E-state index contributed by atoms with van der Waals surface area (Å²) in [5, 5.41) is 7.99. The highest BCUT2D eigenvalue weighted by Crippen LogP contribution is 2.19. The number of benzene rings is 1. The number of nitrogens with one attached hydrogen (secondary N) is 1. The van der Waals surface area contributed by atoms with Gasteiger partial charge in [0.25, 0.3) is 0 Å². The molecule has 0 bridgehead atoms. The van der Waals surface area contributed by atoms with Gasteiger partial charge in [-0.25, -0.2) is 9.98 Å². The molecule has 24 heavy (non-hydrogen) atoms. The van der Waals surface area contributed by atoms with Gasteiger partial charge in [0.15, 0.2) is 0 Å². The van der Waals surface area contributed by atoms with E-state index in [0.29, 0.717) is 5.96 Å². The Kier molecular flexibility index (Phi) is 3.83. The fraction of sp³-hybridized carbons (Fsp3) is 0.211. The minimum Gasteiger partial charge on any atom is -0.341 e. The average Bonchev–Trinajstić information content (AvgIpc) is 3.29. The number of hydrogen-bond acceptors (Lipinski definition) is 2. The third kappa shape index (κ3) is 2.93. The Balaban J connectivity index is 1.50. The van der Waals surface area contributed by atoms with Crippen molar-refractivity contribution in [2.75, 3.05) is 13.1 Å². The minimum atomic E-state index is 0.358. The van der Waals surface area contributed by atoms with Gasteiger partial charge in [0.2, 0.25) is 5.96 Å². The summed E-state index contributed by atoms with van der Waals surface area (Å²) in [5.41, 5.74) is 3.96. The second-order valence-corrected chi connectivity index (χ2v) is 5.99. The van der Waals surface area contributed by atoms with E-state index < -0.39 is 0 Å². The van der Waals surface area contributed by atoms with Gasteiger partial charge >= 0.3 is 0 Å². The van der Waals surface area contributed by atoms with Crippen LogP contribution in [0, 0.1) is 5.41 Å². The van der Waals surface area contributed by atoms with Gasteiger partial charge in [-0.2, -0.15) is 0 Å². The lowest BCUT2D eigenvalue weighted by Gasteiger charge is -2.13. The maximum absolute atomic E-state index is 7.99. The number of fused-ring (bicyclic) bond motifs is 1. The zero-order chi connectivity index (χ0) is 16.4. The van der Waals surface area contributed by atoms with Gasteiger partial charge < -0.3 is 9.30 Å². The Morgan fingerprint density at radius 2 is 1.88 bits per heavy atom. The lowest BCUT2D eigenvalue weighted by molar-refractivity contribution is 0.510. The monoisotopic (exact) mass is 317 g/mol. The van der Waals surface area contributed by atoms with Gasteiger partial charge in [-0.05, 0) is 30.5 Å². The van der Waals surface area contributed by atoms with Crippen molar-refractivity contribution in [3.8, 4) is 11.3 Å². The molecule has 1 saturated heterocycles. The lowest BCUT2D eigenvalue weighted by atomic mass is 10.1. The predicted octanol–water partition coefficient (Wildman–Crippen LogP) is 3.45. The molecule has 1 N–H and O–H groups in total. The third-order valence-corrected chi connectivity index (χ3v) is 4.31. The maximum Gasteiger partial charge on any atom is 0.217 e. The summed E-state index contributed by atoms with van der Waals surface area (Å²) in [6, 6.07) is 14.1. The summed E-state index contributed by atoms with van der Waals surface area (Å²) in [7, 11) is 0. The smallest absolute Gasteiger partial charge is 0.217 e. The standard InChI is InChI=1S/C19H19N5/c20-19(23-10-3-4-11-23)21-13-15-6-8-16(9-7-15)17-14-24-12-2-1-5-18(24)22-17/h1-2,5-9,12-14,20H,3-4,10-11H2/b20-19?,21-13+. The van der Waals surface area contributed by atoms with E-state index in [1.54, 1.807) is 6.21 Å². The van der Waals surface area contributed by atoms with E-state index in [4.69, 9.17) is 5.41 Å². The summed E-state index contributed by atoms with van der Waals surface area (Å²) in [4.78, 5) is 10.9. The van der Waals surface area contributed by atoms with Crippen LogP contribution in [0.5, 0.6) is 0 Å². The van der Waals surface area contributed by atoms with Gasteiger partial charge in [-0.15, -0.1) is 0 Å². The molecule has 0 aliphatic carbocycles. The first kappa shape index (κ1) is 14.6. The average molecular weight is 317 g/mol. The topological polar surface area (TPSA) is 56.8 Å². The first-order valence-corrected chi connectivity index (χ1v) is 8.21. The fourth-order valence-corrected chi connectivity index (χ4v) is 2.96. The maximum atomic E-state index is 7.99. The van der Waals surface area contributed by atoms with Crippen molar-refractivity contribution in [1.29, 1.82) is 5.41 Å². The van der Waals surface area contributed by atoms with E-state index >= 15 is 0 Å². The largest absolute Gasteiger partial charge is 0.341 e. The van der Waals surface area contributed by atoms with Crippen molar-refractivity contribution in [3.05, 3.63) is 60.4 Å². The van der Waals surface area contributed by atoms with Crippen LogP contribution in [0.15, 0.2) is 59.9 Å². The van der Waals surface area contributed by atoms with Crippen LogP contribution in [-0.2, 0) is 0 Å². The van der Waals surface area contributed by atoms with Gasteiger partial charge in [0.05, 0.1) is 5.69 Å². The molecule has 3 heterocycles. The van der Waals surface area contributed by atoms with E-state index in [0.717, 1.165) is 48.4 Å². The lowest BCUT2D eigenvalue weighted by Crippen LogP contribution is -2.25. The highest BCUT2D eigenvalue weighted by molar-refractivity contribution is 5.92. The van der Waals surface area contributed by atoms with Crippen LogP contribution in [-0.4, -0.2) is 39.5 Å². The van der Waals surface area contributed by atoms with Crippen molar-refractivity contribution in [1.82, 2.24) is 14.3 Å². The van der Waals surface area contributed by atoms with Crippen LogP contribution in [0.4, 0.5) is 0 Å². The van der Waals surface area contributed by atoms with Crippen LogP contribution in [0.3, 0.4) is 0 Å². The Hall–Kier alpha value is -2.95. The van der Waals surface area contributed by atoms with Gasteiger partial charge in [-0.1, -0.05) is 30.3 Å². The Labute approximate surface area is 140 Å². The second kappa shape index (κ2) is 6.28. The molecule has 0 spiro atoms. The van der Waals surface area contributed by atoms with Crippen molar-refractivity contribution in [2.24, 2.45) is 4.99 Å². The number of likely N-dealkylation sites (tertiary alicyclic amines) is 1. The molecule has 5 nitrogen and oxygen atoms in total. The SMILES string of the molecule is N=C(/N=C/c1ccc(-c2cn3ccccc3n2)cc1)N1CCCC1. The van der Waals surface area contributed by atoms with E-state index in [2.05, 4.69) is 9.98 Å². The predicted molar refractivity (Wildman–Crippen MR) is 96.8 cm³/mol. The van der Waals surface area contributed by atoms with Crippen LogP contribution in [0.2, 0.25) is 0 Å². The van der Waals surface area contributed by atoms with Crippen LogP contribution < -0.4 is 0 Å². The quantitative estimate of drug-likeness (QED) is 0.581. The Morgan fingerprint density at radius 1 is 1.08 bits per heavy atom. The summed E-state index contributed by atoms with van der Waals surface area (Å²) in [5.74, 6) is 0.358. The zero-order valence-corrected chi connectivity index (χ0v) is 13.4. The summed E-state index contributed by atoms with van der Waals surface area (Å²) in [6.45, 7) is 1.89. The molecule has 1 aromatic carbocycles. The summed E-state index contributed by atoms with van der Waals surface area (Å²) in [6.07, 6.45) is 8.10. The normalized spacial score (nSPS) is 14.8. The molecule has 3 aromatic rings. The number of nitrogens with zero attached hydrogens (tertiary/aromatic N) is 4. The highest BCUT2D eigenvalue weighted by atomic mass is 15.3. The summed E-state index contributed by atoms with van der Waals surface area (Å²) < 4.78 is 2.02. The Morgan fingerprint density at radius 3 is 2.62 bits per heavy atom. The molecule has 1 fully saturated rings. The number of aliphatic imine (C=N–C) groups is 1. The summed E-state index contributed by atoms with van der Waals surface area (Å²) >= 11 is 0. The van der Waals surface area contributed by atoms with Gasteiger partial charge in [0, 0.05) is 37.3 Å². The molecule has 4 rings (SSSR count). The van der Waals surface area contributed by atoms with Crippen LogP contribution in [0.1, 0.15) is 18.4 Å². The van der Waals surface area contributed by atoms with E-state index in [9.17, 15) is 0 Å². The highest BCUT2D eigenvalue weighted by Gasteiger charge is 2.13. The van der Waals surface area contributed by atoms with E-state index in [1.807, 2.05) is 64.2 Å². The van der Waals surface area contributed by atoms with Crippen molar-refractivity contribution in [3.63, 3.8) is 0 Å². The molecule has 1 aliphatic rings. The number of guanidine groups is 1. The molecule has 0 unspecified atom stereocenters. The number of hydrogen-bond donors (Lipinski definition) is 1. The van der Waals surface area contributed by atoms with E-state index in [-0.39, 0.29) is 0 Å². The van der Waals surface area contributed by atoms with Crippen LogP contribution >= 0.6 is 0 Å². The van der Waals surface area contributed by atoms with Crippen molar-refractivity contribution < 1.29 is 0 Å². The van der Waals surface area contributed by atoms with E-state index in [1.165, 1.54) is 0 Å². The molecule has 0 atom stereocenters. The zero-order valence-electron chi connectivity index (χ0n) is 13.4. The Bertz CT molecular complexity index is 853. The second-order valence-electron chi connectivity index (χ2n) is 5.99. The minimum absolute atomic E-state index is 0.358. The fourth-order valence-electron chi connectivity index (χ4n) is 2.96. The number of aromatic nitrogens is 2. The van der Waals surface area contributed by atoms with Gasteiger partial charge in [0.1, 0.15) is 5.65 Å². The van der Waals surface area contributed by atoms with Crippen LogP contribution in [0.25, 0.3) is 16.9 Å². The first-order chi connectivity index (χ1) is 11.8. The molecule has 120 valence electrons. The molecule has 0 radical (unpaired) electrons. The molecule has 0 amide bonds. The molecule has 1 aliphatic heterocycles. The molecule has 5 heteroatoms. The molecular formula is C19H19N5. The van der Waals surface area contributed by atoms with Crippen molar-refractivity contribution >= 4 is 17.8 Å². The number of rotatable bonds is 2. The first-order valence-electron chi connectivity index (χ1n) is 8.21. The van der Waals surface area contributed by atoms with Crippen molar-refractivity contribution in [2.45, 2.75) is 12.8 Å². The van der Waals surface area contributed by atoms with Gasteiger partial charge in [-0.3, -0.25) is 5.41 Å². The number of imidazole rings is 1. The molecule has 0 saturated carbocycles. The number of pyridine rings is 1. The molecular weight excluding hydrogens is 298 g/mol. The molecule has 2 aromatic heterocycles. The third-order valence-electron chi connectivity index (χ3n) is 4.31.